The Hall–Kier alpha value is -1.94. The normalized spacial score (nSPS) is 14.0. The Morgan fingerprint density at radius 3 is 0.731 bits per heavy atom. The molecule has 0 aromatic carbocycles. The van der Waals surface area contributed by atoms with E-state index >= 15 is 0 Å². The summed E-state index contributed by atoms with van der Waals surface area (Å²) in [6.45, 7) is 7.16. The van der Waals surface area contributed by atoms with Crippen molar-refractivity contribution in [1.82, 2.24) is 0 Å². The zero-order valence-corrected chi connectivity index (χ0v) is 62.2. The van der Waals surface area contributed by atoms with Crippen molar-refractivity contribution in [3.8, 4) is 0 Å². The second-order valence-corrected chi connectivity index (χ2v) is 30.1. The SMILES string of the molecule is CCCCCCCCCCCCCCCCCCCCCCCC(=O)O[C@H](COC(=O)CCCCCCCCCCCCCCCCC)COP(=O)(O)OC[C@@H](O)COP(=O)(O)OC[C@@H](COC(=O)CCCCCCC)OC(=O)CCCCCCCCCCCC(C)C. The maximum absolute atomic E-state index is 13.1. The highest BCUT2D eigenvalue weighted by Gasteiger charge is 2.30. The van der Waals surface area contributed by atoms with Crippen LogP contribution in [0.2, 0.25) is 0 Å². The number of aliphatic hydroxyl groups is 1. The van der Waals surface area contributed by atoms with E-state index in [-0.39, 0.29) is 25.7 Å². The molecule has 0 aliphatic heterocycles. The minimum absolute atomic E-state index is 0.105. The predicted molar refractivity (Wildman–Crippen MR) is 377 cm³/mol. The van der Waals surface area contributed by atoms with Crippen LogP contribution in [-0.2, 0) is 65.4 Å². The van der Waals surface area contributed by atoms with Gasteiger partial charge >= 0.3 is 39.5 Å². The summed E-state index contributed by atoms with van der Waals surface area (Å²) in [4.78, 5) is 72.4. The van der Waals surface area contributed by atoms with Gasteiger partial charge in [-0.25, -0.2) is 9.13 Å². The van der Waals surface area contributed by atoms with Gasteiger partial charge in [0.2, 0.25) is 0 Å². The van der Waals surface area contributed by atoms with Crippen LogP contribution in [0.5, 0.6) is 0 Å². The van der Waals surface area contributed by atoms with Crippen LogP contribution < -0.4 is 0 Å². The fraction of sp³-hybridized carbons (Fsp3) is 0.946. The molecule has 5 atom stereocenters. The second kappa shape index (κ2) is 67.3. The van der Waals surface area contributed by atoms with E-state index < -0.39 is 97.5 Å². The van der Waals surface area contributed by atoms with E-state index in [0.29, 0.717) is 25.7 Å². The van der Waals surface area contributed by atoms with Gasteiger partial charge in [-0.3, -0.25) is 37.3 Å². The fourth-order valence-electron chi connectivity index (χ4n) is 11.4. The third kappa shape index (κ3) is 68.4. The first-order valence-electron chi connectivity index (χ1n) is 38.6. The van der Waals surface area contributed by atoms with Crippen LogP contribution in [-0.4, -0.2) is 96.7 Å². The molecule has 552 valence electrons. The molecule has 2 unspecified atom stereocenters. The zero-order valence-electron chi connectivity index (χ0n) is 60.4. The average Bonchev–Trinajstić information content (AvgIpc) is 2.98. The number of unbranched alkanes of at least 4 members (excludes halogenated alkanes) is 46. The van der Waals surface area contributed by atoms with Crippen molar-refractivity contribution in [3.05, 3.63) is 0 Å². The molecule has 0 saturated carbocycles. The van der Waals surface area contributed by atoms with Gasteiger partial charge in [-0.1, -0.05) is 336 Å². The van der Waals surface area contributed by atoms with Gasteiger partial charge in [0.25, 0.3) is 0 Å². The Balaban J connectivity index is 5.12. The molecular formula is C74H144O17P2. The molecule has 0 radical (unpaired) electrons. The second-order valence-electron chi connectivity index (χ2n) is 27.2. The van der Waals surface area contributed by atoms with Crippen LogP contribution in [0.15, 0.2) is 0 Å². The quantitative estimate of drug-likeness (QED) is 0.0222. The number of aliphatic hydroxyl groups excluding tert-OH is 1. The molecule has 0 aliphatic rings. The minimum Gasteiger partial charge on any atom is -0.462 e. The molecule has 0 aliphatic carbocycles. The van der Waals surface area contributed by atoms with Gasteiger partial charge in [-0.15, -0.1) is 0 Å². The van der Waals surface area contributed by atoms with Gasteiger partial charge in [0.1, 0.15) is 19.3 Å². The van der Waals surface area contributed by atoms with E-state index in [4.69, 9.17) is 37.0 Å². The molecule has 0 fully saturated rings. The molecule has 0 heterocycles. The number of hydrogen-bond donors (Lipinski definition) is 3. The van der Waals surface area contributed by atoms with E-state index in [1.54, 1.807) is 0 Å². The fourth-order valence-corrected chi connectivity index (χ4v) is 12.9. The first kappa shape index (κ1) is 91.1. The van der Waals surface area contributed by atoms with E-state index in [0.717, 1.165) is 102 Å². The monoisotopic (exact) mass is 1370 g/mol. The third-order valence-corrected chi connectivity index (χ3v) is 19.2. The number of phosphoric acid groups is 2. The van der Waals surface area contributed by atoms with Gasteiger partial charge in [-0.2, -0.15) is 0 Å². The number of esters is 4. The van der Waals surface area contributed by atoms with Crippen molar-refractivity contribution >= 4 is 39.5 Å². The van der Waals surface area contributed by atoms with Crippen molar-refractivity contribution in [3.63, 3.8) is 0 Å². The highest BCUT2D eigenvalue weighted by molar-refractivity contribution is 7.47. The zero-order chi connectivity index (χ0) is 68.4. The summed E-state index contributed by atoms with van der Waals surface area (Å²) in [7, 11) is -9.90. The van der Waals surface area contributed by atoms with E-state index in [9.17, 15) is 43.2 Å². The van der Waals surface area contributed by atoms with Gasteiger partial charge in [0.05, 0.1) is 26.4 Å². The number of carbonyl (C=O) groups is 4. The third-order valence-electron chi connectivity index (χ3n) is 17.3. The van der Waals surface area contributed by atoms with E-state index in [2.05, 4.69) is 34.6 Å². The number of carbonyl (C=O) groups excluding carboxylic acids is 4. The van der Waals surface area contributed by atoms with Crippen LogP contribution in [0.3, 0.4) is 0 Å². The lowest BCUT2D eigenvalue weighted by atomic mass is 10.0. The largest absolute Gasteiger partial charge is 0.472 e. The van der Waals surface area contributed by atoms with Crippen LogP contribution in [0, 0.1) is 5.92 Å². The molecule has 0 amide bonds. The van der Waals surface area contributed by atoms with E-state index in [1.165, 1.54) is 205 Å². The van der Waals surface area contributed by atoms with Gasteiger partial charge < -0.3 is 33.8 Å². The summed E-state index contributed by atoms with van der Waals surface area (Å²) < 4.78 is 68.2. The predicted octanol–water partition coefficient (Wildman–Crippen LogP) is 21.7. The van der Waals surface area contributed by atoms with Crippen molar-refractivity contribution < 1.29 is 80.2 Å². The minimum atomic E-state index is -4.95. The summed E-state index contributed by atoms with van der Waals surface area (Å²) in [5.41, 5.74) is 0. The van der Waals surface area contributed by atoms with Gasteiger partial charge in [0.15, 0.2) is 12.2 Å². The molecule has 0 aromatic rings. The molecule has 19 heteroatoms. The Bertz CT molecular complexity index is 1790. The lowest BCUT2D eigenvalue weighted by Crippen LogP contribution is -2.30. The van der Waals surface area contributed by atoms with Crippen molar-refractivity contribution in [1.29, 1.82) is 0 Å². The molecule has 0 rings (SSSR count). The lowest BCUT2D eigenvalue weighted by molar-refractivity contribution is -0.161. The van der Waals surface area contributed by atoms with Crippen molar-refractivity contribution in [2.75, 3.05) is 39.6 Å². The van der Waals surface area contributed by atoms with Crippen LogP contribution in [0.4, 0.5) is 0 Å². The maximum atomic E-state index is 13.1. The smallest absolute Gasteiger partial charge is 0.462 e. The van der Waals surface area contributed by atoms with Crippen molar-refractivity contribution in [2.45, 2.75) is 406 Å². The standard InChI is InChI=1S/C74H144O17P2/c1-6-9-12-15-17-19-21-23-25-26-27-28-29-30-32-34-36-40-44-49-54-59-73(78)91-70(64-85-72(77)58-53-48-43-39-35-33-31-24-22-20-18-16-13-10-7-2)66-89-93(82,83)87-62-68(75)61-86-92(80,81)88-65-69(63-84-71(76)57-52-46-14-11-8-3)90-74(79)60-55-50-45-41-37-38-42-47-51-56-67(4)5/h67-70,75H,6-66H2,1-5H3,(H,80,81)(H,82,83)/t68-,69+,70+/m0/s1. The Labute approximate surface area is 568 Å². The number of hydrogen-bond acceptors (Lipinski definition) is 15. The molecule has 17 nitrogen and oxygen atoms in total. The van der Waals surface area contributed by atoms with Crippen molar-refractivity contribution in [2.24, 2.45) is 5.92 Å². The topological polar surface area (TPSA) is 237 Å². The molecule has 0 spiro atoms. The average molecular weight is 1370 g/mol. The van der Waals surface area contributed by atoms with Crippen LogP contribution in [0.25, 0.3) is 0 Å². The molecule has 3 N–H and O–H groups in total. The molecule has 0 saturated heterocycles. The van der Waals surface area contributed by atoms with Gasteiger partial charge in [-0.05, 0) is 31.6 Å². The van der Waals surface area contributed by atoms with E-state index in [1.807, 2.05) is 0 Å². The highest BCUT2D eigenvalue weighted by Crippen LogP contribution is 2.45. The van der Waals surface area contributed by atoms with Crippen LogP contribution in [0.1, 0.15) is 388 Å². The summed E-state index contributed by atoms with van der Waals surface area (Å²) >= 11 is 0. The Kier molecular flexibility index (Phi) is 65.9. The first-order chi connectivity index (χ1) is 45.0. The first-order valence-corrected chi connectivity index (χ1v) is 41.6. The lowest BCUT2D eigenvalue weighted by Gasteiger charge is -2.21. The number of ether oxygens (including phenoxy) is 4. The van der Waals surface area contributed by atoms with Crippen LogP contribution >= 0.6 is 15.6 Å². The number of phosphoric ester groups is 2. The number of rotatable bonds is 74. The summed E-state index contributed by atoms with van der Waals surface area (Å²) in [5.74, 6) is -1.39. The Morgan fingerprint density at radius 1 is 0.290 bits per heavy atom. The maximum Gasteiger partial charge on any atom is 0.472 e. The molecule has 0 bridgehead atoms. The molecule has 0 aromatic heterocycles. The molecule has 93 heavy (non-hydrogen) atoms. The summed E-state index contributed by atoms with van der Waals surface area (Å²) in [6, 6.07) is 0. The highest BCUT2D eigenvalue weighted by atomic mass is 31.2. The van der Waals surface area contributed by atoms with Gasteiger partial charge in [0, 0.05) is 25.7 Å². The summed E-state index contributed by atoms with van der Waals surface area (Å²) in [6.07, 6.45) is 56.1. The summed E-state index contributed by atoms with van der Waals surface area (Å²) in [5, 5.41) is 10.6. The Morgan fingerprint density at radius 2 is 0.495 bits per heavy atom. The molecular weight excluding hydrogens is 1220 g/mol.